The van der Waals surface area contributed by atoms with E-state index >= 15 is 0 Å². The lowest BCUT2D eigenvalue weighted by atomic mass is 9.81. The van der Waals surface area contributed by atoms with Crippen molar-refractivity contribution in [1.82, 2.24) is 0 Å². The van der Waals surface area contributed by atoms with Gasteiger partial charge in [-0.3, -0.25) is 9.59 Å². The average Bonchev–Trinajstić information content (AvgIpc) is 3.30. The Labute approximate surface area is 154 Å². The Morgan fingerprint density at radius 1 is 1.04 bits per heavy atom. The summed E-state index contributed by atoms with van der Waals surface area (Å²) in [5.74, 6) is 5.14. The maximum Gasteiger partial charge on any atom is 0.154 e. The van der Waals surface area contributed by atoms with E-state index in [0.717, 1.165) is 18.4 Å². The molecule has 1 aromatic rings. The van der Waals surface area contributed by atoms with Crippen molar-refractivity contribution in [3.05, 3.63) is 29.3 Å². The van der Waals surface area contributed by atoms with Crippen LogP contribution in [-0.4, -0.2) is 45.1 Å². The molecule has 26 heavy (non-hydrogen) atoms. The molecule has 0 aromatic heterocycles. The van der Waals surface area contributed by atoms with Gasteiger partial charge in [0.25, 0.3) is 0 Å². The molecule has 3 unspecified atom stereocenters. The van der Waals surface area contributed by atoms with Crippen LogP contribution < -0.4 is 4.74 Å². The molecular formula is C21H24O5. The van der Waals surface area contributed by atoms with E-state index in [1.165, 1.54) is 0 Å². The maximum absolute atomic E-state index is 12.9. The minimum atomic E-state index is -0.712. The van der Waals surface area contributed by atoms with Gasteiger partial charge in [0.1, 0.15) is 11.7 Å². The second kappa shape index (κ2) is 7.61. The van der Waals surface area contributed by atoms with Gasteiger partial charge in [-0.15, -0.1) is 5.92 Å². The van der Waals surface area contributed by atoms with Crippen LogP contribution in [0.3, 0.4) is 0 Å². The van der Waals surface area contributed by atoms with Crippen LogP contribution in [0.15, 0.2) is 18.2 Å². The fourth-order valence-corrected chi connectivity index (χ4v) is 4.40. The molecule has 5 atom stereocenters. The van der Waals surface area contributed by atoms with Crippen molar-refractivity contribution in [3.8, 4) is 17.6 Å². The summed E-state index contributed by atoms with van der Waals surface area (Å²) in [5.41, 5.74) is 1.48. The monoisotopic (exact) mass is 356 g/mol. The van der Waals surface area contributed by atoms with Gasteiger partial charge in [0.15, 0.2) is 11.6 Å². The molecule has 5 heteroatoms. The summed E-state index contributed by atoms with van der Waals surface area (Å²) in [6.45, 7) is 1.77. The Morgan fingerprint density at radius 3 is 2.12 bits per heavy atom. The van der Waals surface area contributed by atoms with Gasteiger partial charge in [-0.25, -0.2) is 0 Å². The molecule has 3 aliphatic rings. The molecule has 4 rings (SSSR count). The van der Waals surface area contributed by atoms with E-state index < -0.39 is 5.92 Å². The molecule has 1 saturated carbocycles. The van der Waals surface area contributed by atoms with E-state index in [9.17, 15) is 9.59 Å². The SMILES string of the molecule is CC#Cc1ccc(C2C(=O)[C@@H]3C4CCC(O4)[C@@H]3C2=O)c(OC)c1.COC. The standard InChI is InChI=1S/C19H18O4.C2H6O/c1-3-4-10-5-6-11(14(9-10)22-2)15-18(20)16-12-7-8-13(23-12)17(16)19(15)21;1-3-2/h5-6,9,12-13,15-17H,7-8H2,1-2H3;1-2H3/t12?,13?,15?,16-,17+;. The first-order valence-electron chi connectivity index (χ1n) is 8.81. The number of fused-ring (bicyclic) bond motifs is 5. The van der Waals surface area contributed by atoms with Crippen molar-refractivity contribution in [1.29, 1.82) is 0 Å². The Balaban J connectivity index is 0.000000613. The predicted octanol–water partition coefficient (Wildman–Crippen LogP) is 2.36. The molecule has 138 valence electrons. The predicted molar refractivity (Wildman–Crippen MR) is 96.1 cm³/mol. The fourth-order valence-electron chi connectivity index (χ4n) is 4.40. The molecule has 0 amide bonds. The van der Waals surface area contributed by atoms with Crippen LogP contribution in [0.25, 0.3) is 0 Å². The van der Waals surface area contributed by atoms with Crippen LogP contribution in [0.4, 0.5) is 0 Å². The van der Waals surface area contributed by atoms with E-state index in [2.05, 4.69) is 16.6 Å². The summed E-state index contributed by atoms with van der Waals surface area (Å²) >= 11 is 0. The number of carbonyl (C=O) groups is 2. The summed E-state index contributed by atoms with van der Waals surface area (Å²) in [6.07, 6.45) is 1.64. The molecule has 2 aliphatic heterocycles. The van der Waals surface area contributed by atoms with E-state index in [0.29, 0.717) is 11.3 Å². The topological polar surface area (TPSA) is 61.8 Å². The van der Waals surface area contributed by atoms with Crippen molar-refractivity contribution in [3.63, 3.8) is 0 Å². The lowest BCUT2D eigenvalue weighted by Crippen LogP contribution is -2.29. The lowest BCUT2D eigenvalue weighted by Gasteiger charge is -2.16. The maximum atomic E-state index is 12.9. The third-order valence-electron chi connectivity index (χ3n) is 5.31. The van der Waals surface area contributed by atoms with E-state index in [-0.39, 0.29) is 35.6 Å². The Hall–Kier alpha value is -2.16. The van der Waals surface area contributed by atoms with Crippen LogP contribution in [0.1, 0.15) is 36.8 Å². The molecular weight excluding hydrogens is 332 g/mol. The number of methoxy groups -OCH3 is 2. The van der Waals surface area contributed by atoms with Crippen LogP contribution in [-0.2, 0) is 19.1 Å². The summed E-state index contributed by atoms with van der Waals surface area (Å²) in [4.78, 5) is 25.8. The van der Waals surface area contributed by atoms with Gasteiger partial charge < -0.3 is 14.2 Å². The van der Waals surface area contributed by atoms with Gasteiger partial charge in [-0.05, 0) is 31.9 Å². The van der Waals surface area contributed by atoms with Gasteiger partial charge in [-0.1, -0.05) is 12.0 Å². The van der Waals surface area contributed by atoms with Gasteiger partial charge in [0.05, 0.1) is 31.2 Å². The summed E-state index contributed by atoms with van der Waals surface area (Å²) in [7, 11) is 4.81. The molecule has 0 spiro atoms. The first-order chi connectivity index (χ1) is 12.6. The minimum absolute atomic E-state index is 0.000161. The van der Waals surface area contributed by atoms with E-state index in [1.807, 2.05) is 12.1 Å². The minimum Gasteiger partial charge on any atom is -0.496 e. The van der Waals surface area contributed by atoms with Crippen LogP contribution in [0.2, 0.25) is 0 Å². The number of Topliss-reactive ketones (excluding diaryl/α,β-unsaturated/α-hetero) is 2. The van der Waals surface area contributed by atoms with Crippen molar-refractivity contribution in [2.45, 2.75) is 37.9 Å². The van der Waals surface area contributed by atoms with Gasteiger partial charge in [0.2, 0.25) is 0 Å². The van der Waals surface area contributed by atoms with Crippen LogP contribution in [0, 0.1) is 23.7 Å². The first-order valence-corrected chi connectivity index (χ1v) is 8.81. The zero-order chi connectivity index (χ0) is 18.8. The number of ether oxygens (including phenoxy) is 3. The molecule has 3 fully saturated rings. The molecule has 5 nitrogen and oxygen atoms in total. The number of carbonyl (C=O) groups excluding carboxylic acids is 2. The molecule has 2 saturated heterocycles. The van der Waals surface area contributed by atoms with Gasteiger partial charge in [0, 0.05) is 25.3 Å². The number of benzene rings is 1. The highest BCUT2D eigenvalue weighted by molar-refractivity contribution is 6.17. The molecule has 0 N–H and O–H groups in total. The summed E-state index contributed by atoms with van der Waals surface area (Å²) < 4.78 is 15.5. The molecule has 2 bridgehead atoms. The molecule has 0 radical (unpaired) electrons. The normalized spacial score (nSPS) is 31.0. The van der Waals surface area contributed by atoms with Crippen molar-refractivity contribution in [2.75, 3.05) is 21.3 Å². The zero-order valence-electron chi connectivity index (χ0n) is 15.6. The number of hydrogen-bond donors (Lipinski definition) is 0. The third-order valence-corrected chi connectivity index (χ3v) is 5.31. The van der Waals surface area contributed by atoms with Crippen LogP contribution >= 0.6 is 0 Å². The second-order valence-corrected chi connectivity index (χ2v) is 6.82. The molecule has 1 aromatic carbocycles. The zero-order valence-corrected chi connectivity index (χ0v) is 15.6. The second-order valence-electron chi connectivity index (χ2n) is 6.82. The lowest BCUT2D eigenvalue weighted by molar-refractivity contribution is -0.127. The van der Waals surface area contributed by atoms with Crippen molar-refractivity contribution in [2.24, 2.45) is 11.8 Å². The van der Waals surface area contributed by atoms with Crippen molar-refractivity contribution < 1.29 is 23.8 Å². The van der Waals surface area contributed by atoms with Gasteiger partial charge >= 0.3 is 0 Å². The quantitative estimate of drug-likeness (QED) is 0.601. The smallest absolute Gasteiger partial charge is 0.154 e. The number of ketones is 2. The Bertz CT molecular complexity index is 744. The highest BCUT2D eigenvalue weighted by Gasteiger charge is 2.63. The van der Waals surface area contributed by atoms with Crippen molar-refractivity contribution >= 4 is 11.6 Å². The largest absolute Gasteiger partial charge is 0.496 e. The van der Waals surface area contributed by atoms with E-state index in [4.69, 9.17) is 9.47 Å². The average molecular weight is 356 g/mol. The Kier molecular flexibility index (Phi) is 5.45. The molecule has 1 aliphatic carbocycles. The number of rotatable bonds is 2. The van der Waals surface area contributed by atoms with Gasteiger partial charge in [-0.2, -0.15) is 0 Å². The van der Waals surface area contributed by atoms with Crippen LogP contribution in [0.5, 0.6) is 5.75 Å². The molecule has 2 heterocycles. The third kappa shape index (κ3) is 2.94. The summed E-state index contributed by atoms with van der Waals surface area (Å²) in [6, 6.07) is 5.45. The number of hydrogen-bond acceptors (Lipinski definition) is 5. The first kappa shape index (κ1) is 18.6. The highest BCUT2D eigenvalue weighted by atomic mass is 16.5. The Morgan fingerprint density at radius 2 is 1.62 bits per heavy atom. The fraction of sp³-hybridized carbons (Fsp3) is 0.524. The highest BCUT2D eigenvalue weighted by Crippen LogP contribution is 2.53. The summed E-state index contributed by atoms with van der Waals surface area (Å²) in [5, 5.41) is 0. The van der Waals surface area contributed by atoms with E-state index in [1.54, 1.807) is 34.3 Å².